The van der Waals surface area contributed by atoms with E-state index >= 15 is 0 Å². The molecule has 11 heteroatoms. The first-order valence-corrected chi connectivity index (χ1v) is 21.6. The number of fused-ring (bicyclic) bond motifs is 6. The summed E-state index contributed by atoms with van der Waals surface area (Å²) >= 11 is 4.82. The molecule has 9 aromatic carbocycles. The van der Waals surface area contributed by atoms with Gasteiger partial charge in [0.15, 0.2) is 0 Å². The average Bonchev–Trinajstić information content (AvgIpc) is 4.04. The standard InChI is InChI=1S/3C17H11NOS.2Zn/c3*19-14-10-9-11-5-1-2-6-12(11)16(14)17-18-13-7-3-4-8-15(13)20-17;;/h3*1-10,19H;;. The summed E-state index contributed by atoms with van der Waals surface area (Å²) in [6.45, 7) is 0. The van der Waals surface area contributed by atoms with Crippen molar-refractivity contribution in [1.29, 1.82) is 0 Å². The summed E-state index contributed by atoms with van der Waals surface area (Å²) < 4.78 is 3.40. The monoisotopic (exact) mass is 959 g/mol. The summed E-state index contributed by atoms with van der Waals surface area (Å²) in [5.41, 5.74) is 5.39. The van der Waals surface area contributed by atoms with E-state index in [1.165, 1.54) is 0 Å². The molecule has 3 N–H and O–H groups in total. The fourth-order valence-corrected chi connectivity index (χ4v) is 10.5. The normalized spacial score (nSPS) is 10.8. The molecule has 0 aliphatic heterocycles. The Hall–Kier alpha value is -5.92. The maximum Gasteiger partial charge on any atom is 0.128 e. The molecule has 0 unspecified atom stereocenters. The molecule has 0 atom stereocenters. The van der Waals surface area contributed by atoms with Crippen molar-refractivity contribution in [2.75, 3.05) is 0 Å². The summed E-state index contributed by atoms with van der Waals surface area (Å²) in [4.78, 5) is 14.0. The zero-order valence-electron chi connectivity index (χ0n) is 33.1. The van der Waals surface area contributed by atoms with Gasteiger partial charge in [0.1, 0.15) is 32.3 Å². The summed E-state index contributed by atoms with van der Waals surface area (Å²) in [5.74, 6) is 0.841. The van der Waals surface area contributed by atoms with Crippen LogP contribution in [0.5, 0.6) is 17.2 Å². The Balaban J connectivity index is 0.000000126. The van der Waals surface area contributed by atoms with Crippen LogP contribution in [0.15, 0.2) is 182 Å². The number of hydrogen-bond donors (Lipinski definition) is 3. The quantitative estimate of drug-likeness (QED) is 0.153. The van der Waals surface area contributed by atoms with E-state index in [0.717, 1.165) is 94.7 Å². The van der Waals surface area contributed by atoms with Crippen molar-refractivity contribution in [3.63, 3.8) is 0 Å². The molecule has 0 bridgehead atoms. The summed E-state index contributed by atoms with van der Waals surface area (Å²) in [6, 6.07) is 59.3. The van der Waals surface area contributed by atoms with Crippen molar-refractivity contribution in [3.05, 3.63) is 182 Å². The second kappa shape index (κ2) is 18.6. The first kappa shape index (κ1) is 42.8. The van der Waals surface area contributed by atoms with E-state index in [1.54, 1.807) is 52.2 Å². The number of aromatic hydroxyl groups is 3. The predicted octanol–water partition coefficient (Wildman–Crippen LogP) is 14.5. The fraction of sp³-hybridized carbons (Fsp3) is 0. The molecule has 292 valence electrons. The third kappa shape index (κ3) is 8.35. The van der Waals surface area contributed by atoms with Crippen LogP contribution in [-0.2, 0) is 39.0 Å². The van der Waals surface area contributed by atoms with Crippen molar-refractivity contribution in [2.45, 2.75) is 0 Å². The maximum atomic E-state index is 10.3. The molecule has 0 saturated carbocycles. The molecule has 0 aliphatic carbocycles. The van der Waals surface area contributed by atoms with Crippen LogP contribution in [-0.4, -0.2) is 30.3 Å². The minimum atomic E-state index is 0. The third-order valence-electron chi connectivity index (χ3n) is 10.2. The first-order chi connectivity index (χ1) is 29.5. The van der Waals surface area contributed by atoms with E-state index in [9.17, 15) is 15.3 Å². The molecule has 12 aromatic rings. The second-order valence-corrected chi connectivity index (χ2v) is 17.1. The van der Waals surface area contributed by atoms with Crippen LogP contribution in [0.1, 0.15) is 0 Å². The molecule has 0 fully saturated rings. The van der Waals surface area contributed by atoms with Crippen LogP contribution in [0.4, 0.5) is 0 Å². The minimum absolute atomic E-state index is 0. The number of nitrogens with zero attached hydrogens (tertiary/aromatic N) is 3. The Bertz CT molecular complexity index is 3060. The molecule has 0 spiro atoms. The maximum absolute atomic E-state index is 10.3. The van der Waals surface area contributed by atoms with Crippen molar-refractivity contribution < 1.29 is 54.3 Å². The molecule has 6 nitrogen and oxygen atoms in total. The molecule has 3 aromatic heterocycles. The number of para-hydroxylation sites is 3. The van der Waals surface area contributed by atoms with Gasteiger partial charge in [0.05, 0.1) is 47.3 Å². The number of benzene rings is 9. The number of aromatic nitrogens is 3. The van der Waals surface area contributed by atoms with Crippen LogP contribution in [0, 0.1) is 0 Å². The van der Waals surface area contributed by atoms with Gasteiger partial charge in [-0.3, -0.25) is 0 Å². The molecular formula is C51H33N3O3S3Zn2. The van der Waals surface area contributed by atoms with Crippen LogP contribution < -0.4 is 0 Å². The van der Waals surface area contributed by atoms with E-state index in [0.29, 0.717) is 0 Å². The molecule has 0 radical (unpaired) electrons. The number of hydrogen-bond acceptors (Lipinski definition) is 9. The van der Waals surface area contributed by atoms with Crippen molar-refractivity contribution in [3.8, 4) is 49.0 Å². The summed E-state index contributed by atoms with van der Waals surface area (Å²) in [7, 11) is 0. The van der Waals surface area contributed by atoms with Crippen molar-refractivity contribution >= 4 is 97.0 Å². The Kier molecular flexibility index (Phi) is 12.8. The van der Waals surface area contributed by atoms with Crippen LogP contribution in [0.25, 0.3) is 94.7 Å². The van der Waals surface area contributed by atoms with Gasteiger partial charge in [0, 0.05) is 39.0 Å². The molecule has 62 heavy (non-hydrogen) atoms. The van der Waals surface area contributed by atoms with Gasteiger partial charge in [-0.05, 0) is 86.9 Å². The van der Waals surface area contributed by atoms with Gasteiger partial charge in [-0.15, -0.1) is 34.0 Å². The largest absolute Gasteiger partial charge is 0.507 e. The fourth-order valence-electron chi connectivity index (χ4n) is 7.39. The zero-order valence-corrected chi connectivity index (χ0v) is 41.5. The van der Waals surface area contributed by atoms with Gasteiger partial charge in [0.25, 0.3) is 0 Å². The van der Waals surface area contributed by atoms with Crippen LogP contribution in [0.2, 0.25) is 0 Å². The van der Waals surface area contributed by atoms with E-state index in [-0.39, 0.29) is 56.2 Å². The van der Waals surface area contributed by atoms with Gasteiger partial charge >= 0.3 is 0 Å². The molecular weight excluding hydrogens is 930 g/mol. The van der Waals surface area contributed by atoms with E-state index in [4.69, 9.17) is 0 Å². The number of phenolic OH excluding ortho intramolecular Hbond substituents is 3. The second-order valence-electron chi connectivity index (χ2n) is 14.0. The van der Waals surface area contributed by atoms with Gasteiger partial charge in [-0.25, -0.2) is 15.0 Å². The van der Waals surface area contributed by atoms with Gasteiger partial charge in [0.2, 0.25) is 0 Å². The van der Waals surface area contributed by atoms with E-state index < -0.39 is 0 Å². The average molecular weight is 963 g/mol. The number of thiazole rings is 3. The molecule has 0 saturated heterocycles. The van der Waals surface area contributed by atoms with Crippen LogP contribution in [0.3, 0.4) is 0 Å². The van der Waals surface area contributed by atoms with Gasteiger partial charge < -0.3 is 15.3 Å². The molecule has 0 amide bonds. The Morgan fingerprint density at radius 1 is 0.290 bits per heavy atom. The van der Waals surface area contributed by atoms with Crippen molar-refractivity contribution in [1.82, 2.24) is 15.0 Å². The predicted molar refractivity (Wildman–Crippen MR) is 253 cm³/mol. The third-order valence-corrected chi connectivity index (χ3v) is 13.4. The van der Waals surface area contributed by atoms with Gasteiger partial charge in [-0.1, -0.05) is 127 Å². The first-order valence-electron chi connectivity index (χ1n) is 19.2. The number of phenols is 3. The van der Waals surface area contributed by atoms with E-state index in [2.05, 4.69) is 33.2 Å². The Morgan fingerprint density at radius 2 is 0.548 bits per heavy atom. The molecule has 3 heterocycles. The summed E-state index contributed by atoms with van der Waals surface area (Å²) in [5, 5.41) is 39.8. The summed E-state index contributed by atoms with van der Waals surface area (Å²) in [6.07, 6.45) is 0. The minimum Gasteiger partial charge on any atom is -0.507 e. The SMILES string of the molecule is Oc1ccc2ccccc2c1-c1nc2ccccc2s1.Oc1ccc2ccccc2c1-c1nc2ccccc2s1.Oc1ccc2ccccc2c1-c1nc2ccccc2s1.[Zn].[Zn]. The van der Waals surface area contributed by atoms with Crippen LogP contribution >= 0.6 is 34.0 Å². The molecule has 12 rings (SSSR count). The smallest absolute Gasteiger partial charge is 0.128 e. The topological polar surface area (TPSA) is 99.4 Å². The molecule has 0 aliphatic rings. The Morgan fingerprint density at radius 3 is 0.839 bits per heavy atom. The van der Waals surface area contributed by atoms with E-state index in [1.807, 2.05) is 146 Å². The van der Waals surface area contributed by atoms with Crippen molar-refractivity contribution in [2.24, 2.45) is 0 Å². The number of rotatable bonds is 3. The zero-order chi connectivity index (χ0) is 40.6. The van der Waals surface area contributed by atoms with Gasteiger partial charge in [-0.2, -0.15) is 0 Å². The Labute approximate surface area is 394 Å².